The molecule has 0 aliphatic carbocycles. The molecule has 22 heavy (non-hydrogen) atoms. The van der Waals surface area contributed by atoms with Crippen LogP contribution in [0.3, 0.4) is 0 Å². The molecule has 0 radical (unpaired) electrons. The average molecular weight is 310 g/mol. The molecule has 0 aromatic heterocycles. The fourth-order valence-electron chi connectivity index (χ4n) is 1.76. The number of hydrogen-bond acceptors (Lipinski definition) is 4. The van der Waals surface area contributed by atoms with Crippen LogP contribution in [0, 0.1) is 12.3 Å². The maximum atomic E-state index is 10.2. The van der Waals surface area contributed by atoms with Gasteiger partial charge in [-0.3, -0.25) is 0 Å². The highest BCUT2D eigenvalue weighted by molar-refractivity contribution is 5.58. The fourth-order valence-corrected chi connectivity index (χ4v) is 1.76. The first-order valence-corrected chi connectivity index (χ1v) is 6.98. The summed E-state index contributed by atoms with van der Waals surface area (Å²) in [5.41, 5.74) is 6.54. The Morgan fingerprint density at radius 3 is 2.45 bits per heavy atom. The van der Waals surface area contributed by atoms with Crippen LogP contribution in [0.1, 0.15) is 35.7 Å². The molecule has 2 atom stereocenters. The SMILES string of the molecule is C.C#CC.N[C@@H](C=O)Cc1ccccc1.O=C[C@@H]1CCCN1.[3H][3H]. The van der Waals surface area contributed by atoms with E-state index in [1.807, 2.05) is 30.3 Å². The number of terminal acetylenes is 1. The normalized spacial score (nSPS) is 16.7. The van der Waals surface area contributed by atoms with Crippen molar-refractivity contribution in [3.8, 4) is 12.3 Å². The Balaban J connectivity index is -0.000000294. The van der Waals surface area contributed by atoms with Gasteiger partial charge in [0, 0.05) is 2.97 Å². The molecule has 0 unspecified atom stereocenters. The Bertz CT molecular complexity index is 430. The molecule has 1 saturated heterocycles. The van der Waals surface area contributed by atoms with Crippen LogP contribution in [0.4, 0.5) is 0 Å². The van der Waals surface area contributed by atoms with E-state index in [1.165, 1.54) is 0 Å². The summed E-state index contributed by atoms with van der Waals surface area (Å²) in [5, 5.41) is 3.04. The average Bonchev–Trinajstić information content (AvgIpc) is 3.12. The van der Waals surface area contributed by atoms with E-state index in [9.17, 15) is 9.59 Å². The van der Waals surface area contributed by atoms with Crippen molar-refractivity contribution in [1.29, 1.82) is 0 Å². The first-order chi connectivity index (χ1) is 11.2. The third kappa shape index (κ3) is 11.8. The molecule has 0 spiro atoms. The lowest BCUT2D eigenvalue weighted by atomic mass is 10.1. The van der Waals surface area contributed by atoms with Crippen molar-refractivity contribution in [1.82, 2.24) is 5.32 Å². The molecule has 1 aliphatic rings. The van der Waals surface area contributed by atoms with Gasteiger partial charge < -0.3 is 20.6 Å². The first-order valence-electron chi connectivity index (χ1n) is 7.98. The summed E-state index contributed by atoms with van der Waals surface area (Å²) >= 11 is 0. The number of nitrogens with one attached hydrogen (secondary N) is 1. The number of carbonyl (C=O) groups is 2. The second-order valence-corrected chi connectivity index (χ2v) is 4.62. The second kappa shape index (κ2) is 15.4. The van der Waals surface area contributed by atoms with Crippen LogP contribution in [-0.4, -0.2) is 31.2 Å². The van der Waals surface area contributed by atoms with Gasteiger partial charge >= 0.3 is 0 Å². The minimum atomic E-state index is -0.364. The zero-order valence-corrected chi connectivity index (χ0v) is 12.5. The Labute approximate surface area is 137 Å². The van der Waals surface area contributed by atoms with E-state index < -0.39 is 0 Å². The lowest BCUT2D eigenvalue weighted by Gasteiger charge is -2.02. The van der Waals surface area contributed by atoms with Crippen molar-refractivity contribution in [3.63, 3.8) is 0 Å². The Morgan fingerprint density at radius 2 is 2.09 bits per heavy atom. The van der Waals surface area contributed by atoms with Gasteiger partial charge in [-0.15, -0.1) is 12.3 Å². The van der Waals surface area contributed by atoms with Crippen molar-refractivity contribution in [2.45, 2.75) is 45.7 Å². The van der Waals surface area contributed by atoms with Crippen molar-refractivity contribution in [2.24, 2.45) is 5.73 Å². The summed E-state index contributed by atoms with van der Waals surface area (Å²) in [6.45, 7) is 2.67. The van der Waals surface area contributed by atoms with Gasteiger partial charge in [-0.2, -0.15) is 0 Å². The highest BCUT2D eigenvalue weighted by Crippen LogP contribution is 2.00. The Kier molecular flexibility index (Phi) is 14.1. The first kappa shape index (κ1) is 20.0. The molecule has 4 heteroatoms. The minimum Gasteiger partial charge on any atom is -0.321 e. The number of aldehydes is 2. The van der Waals surface area contributed by atoms with Crippen LogP contribution in [0.15, 0.2) is 30.3 Å². The molecule has 0 bridgehead atoms. The maximum absolute atomic E-state index is 10.2. The zero-order valence-electron chi connectivity index (χ0n) is 14.5. The molecule has 1 aromatic rings. The third-order valence-corrected chi connectivity index (χ3v) is 2.75. The summed E-state index contributed by atoms with van der Waals surface area (Å²) in [5.74, 6) is 2.25. The molecule has 0 saturated carbocycles. The Hall–Kier alpha value is -1.96. The highest BCUT2D eigenvalue weighted by Gasteiger charge is 2.10. The number of carbonyl (C=O) groups excluding carboxylic acids is 2. The van der Waals surface area contributed by atoms with E-state index in [-0.39, 0.29) is 19.5 Å². The molecular formula is C18H30N2O2. The predicted octanol–water partition coefficient (Wildman–Crippen LogP) is 2.21. The largest absolute Gasteiger partial charge is 0.321 e. The van der Waals surface area contributed by atoms with Crippen LogP contribution in [0.5, 0.6) is 0 Å². The summed E-state index contributed by atoms with van der Waals surface area (Å²) in [6.07, 6.45) is 9.16. The van der Waals surface area contributed by atoms with E-state index in [4.69, 9.17) is 8.70 Å². The lowest BCUT2D eigenvalue weighted by molar-refractivity contribution is -0.109. The Morgan fingerprint density at radius 1 is 1.50 bits per heavy atom. The molecule has 124 valence electrons. The molecule has 1 fully saturated rings. The number of rotatable bonds is 4. The quantitative estimate of drug-likeness (QED) is 0.661. The van der Waals surface area contributed by atoms with Gasteiger partial charge in [0.2, 0.25) is 0 Å². The van der Waals surface area contributed by atoms with Crippen molar-refractivity contribution in [3.05, 3.63) is 35.9 Å². The topological polar surface area (TPSA) is 72.2 Å². The van der Waals surface area contributed by atoms with Crippen LogP contribution >= 0.6 is 0 Å². The maximum Gasteiger partial charge on any atom is 0.137 e. The van der Waals surface area contributed by atoms with Crippen molar-refractivity contribution in [2.75, 3.05) is 6.54 Å². The monoisotopic (exact) mass is 310 g/mol. The number of hydrogen-bond donors (Lipinski definition) is 2. The van der Waals surface area contributed by atoms with E-state index in [0.717, 1.165) is 37.5 Å². The molecule has 1 aromatic carbocycles. The lowest BCUT2D eigenvalue weighted by Crippen LogP contribution is -2.23. The summed E-state index contributed by atoms with van der Waals surface area (Å²) in [4.78, 5) is 20.1. The molecule has 0 amide bonds. The fraction of sp³-hybridized carbons (Fsp3) is 0.444. The zero-order chi connectivity index (χ0) is 17.9. The van der Waals surface area contributed by atoms with Crippen LogP contribution in [-0.2, 0) is 16.0 Å². The van der Waals surface area contributed by atoms with E-state index in [2.05, 4.69) is 17.7 Å². The van der Waals surface area contributed by atoms with Gasteiger partial charge in [0.1, 0.15) is 12.6 Å². The summed E-state index contributed by atoms with van der Waals surface area (Å²) in [6, 6.07) is 9.54. The van der Waals surface area contributed by atoms with Crippen LogP contribution < -0.4 is 11.1 Å². The number of benzene rings is 1. The molecule has 4 nitrogen and oxygen atoms in total. The van der Waals surface area contributed by atoms with Gasteiger partial charge in [-0.05, 0) is 38.3 Å². The molecule has 3 N–H and O–H groups in total. The summed E-state index contributed by atoms with van der Waals surface area (Å²) < 4.78 is 10.0. The van der Waals surface area contributed by atoms with E-state index in [0.29, 0.717) is 6.42 Å². The number of nitrogens with two attached hydrogens (primary N) is 1. The van der Waals surface area contributed by atoms with Gasteiger partial charge in [0.15, 0.2) is 0 Å². The highest BCUT2D eigenvalue weighted by atomic mass is 16.1. The second-order valence-electron chi connectivity index (χ2n) is 4.62. The van der Waals surface area contributed by atoms with Gasteiger partial charge in [0.25, 0.3) is 0 Å². The smallest absolute Gasteiger partial charge is 0.137 e. The van der Waals surface area contributed by atoms with Crippen LogP contribution in [0.2, 0.25) is 0 Å². The van der Waals surface area contributed by atoms with Gasteiger partial charge in [-0.1, -0.05) is 37.8 Å². The van der Waals surface area contributed by atoms with E-state index in [1.54, 1.807) is 6.92 Å². The molecule has 2 rings (SSSR count). The molecule has 1 heterocycles. The van der Waals surface area contributed by atoms with Crippen molar-refractivity contribution >= 4 is 12.6 Å². The van der Waals surface area contributed by atoms with E-state index >= 15 is 0 Å². The standard InChI is InChI=1S/C9H11NO.C5H9NO.C3H4.CH4.H2/c10-9(7-11)6-8-4-2-1-3-5-8;7-4-5-2-1-3-6-5;1-3-2;;/h1-5,7,9H,6,10H2;4-6H,1-3H2;1H,2H3;1H4;1H/t9-;5-;;;/m10.../s1/i;;;;1+2T. The minimum absolute atomic E-state index is 0. The van der Waals surface area contributed by atoms with Gasteiger partial charge in [-0.25, -0.2) is 0 Å². The van der Waals surface area contributed by atoms with Crippen LogP contribution in [0.25, 0.3) is 0 Å². The molecule has 1 aliphatic heterocycles. The van der Waals surface area contributed by atoms with Crippen molar-refractivity contribution < 1.29 is 12.6 Å². The summed E-state index contributed by atoms with van der Waals surface area (Å²) in [7, 11) is 0. The predicted molar refractivity (Wildman–Crippen MR) is 94.6 cm³/mol. The molecular weight excluding hydrogens is 276 g/mol. The third-order valence-electron chi connectivity index (χ3n) is 2.75. The van der Waals surface area contributed by atoms with Gasteiger partial charge in [0.05, 0.1) is 12.1 Å².